The molecule has 0 radical (unpaired) electrons. The van der Waals surface area contributed by atoms with Crippen molar-refractivity contribution in [1.29, 1.82) is 0 Å². The van der Waals surface area contributed by atoms with E-state index in [0.29, 0.717) is 12.1 Å². The van der Waals surface area contributed by atoms with Gasteiger partial charge in [-0.15, -0.1) is 0 Å². The van der Waals surface area contributed by atoms with Gasteiger partial charge in [-0.05, 0) is 12.1 Å². The van der Waals surface area contributed by atoms with Crippen molar-refractivity contribution in [3.05, 3.63) is 64.2 Å². The summed E-state index contributed by atoms with van der Waals surface area (Å²) in [5, 5.41) is 14.2. The number of nitrogens with zero attached hydrogens (tertiary/aromatic N) is 2. The van der Waals surface area contributed by atoms with Crippen LogP contribution in [0.3, 0.4) is 0 Å². The quantitative estimate of drug-likeness (QED) is 0.679. The van der Waals surface area contributed by atoms with Crippen LogP contribution in [-0.4, -0.2) is 17.9 Å². The standard InChI is InChI=1S/C16H17N3O3/c1-12(20)18(2)16-10-6-4-8-14(16)17-11-13-7-3-5-9-15(13)19(21)22/h3-10,17H,11H2,1-2H3. The smallest absolute Gasteiger partial charge is 0.274 e. The lowest BCUT2D eigenvalue weighted by molar-refractivity contribution is -0.385. The molecule has 1 N–H and O–H groups in total. The molecule has 6 nitrogen and oxygen atoms in total. The average Bonchev–Trinajstić information content (AvgIpc) is 2.52. The molecule has 2 aromatic rings. The summed E-state index contributed by atoms with van der Waals surface area (Å²) in [5.41, 5.74) is 2.15. The molecule has 0 unspecified atom stereocenters. The largest absolute Gasteiger partial charge is 0.379 e. The molecule has 0 heterocycles. The number of carbonyl (C=O) groups excluding carboxylic acids is 1. The molecule has 2 aromatic carbocycles. The Balaban J connectivity index is 2.23. The van der Waals surface area contributed by atoms with Crippen LogP contribution in [0, 0.1) is 10.1 Å². The Morgan fingerprint density at radius 2 is 1.82 bits per heavy atom. The van der Waals surface area contributed by atoms with Gasteiger partial charge in [-0.1, -0.05) is 30.3 Å². The van der Waals surface area contributed by atoms with Gasteiger partial charge in [0, 0.05) is 32.1 Å². The van der Waals surface area contributed by atoms with Crippen molar-refractivity contribution in [2.75, 3.05) is 17.3 Å². The molecule has 0 saturated carbocycles. The highest BCUT2D eigenvalue weighted by Crippen LogP contribution is 2.26. The van der Waals surface area contributed by atoms with Gasteiger partial charge in [0.1, 0.15) is 0 Å². The number of rotatable bonds is 5. The Kier molecular flexibility index (Phi) is 4.73. The van der Waals surface area contributed by atoms with Gasteiger partial charge in [-0.2, -0.15) is 0 Å². The van der Waals surface area contributed by atoms with E-state index in [1.807, 2.05) is 24.3 Å². The molecule has 0 aliphatic carbocycles. The summed E-state index contributed by atoms with van der Waals surface area (Å²) in [7, 11) is 1.69. The Morgan fingerprint density at radius 3 is 2.50 bits per heavy atom. The molecule has 0 aromatic heterocycles. The van der Waals surface area contributed by atoms with E-state index in [1.165, 1.54) is 17.9 Å². The second-order valence-electron chi connectivity index (χ2n) is 4.83. The van der Waals surface area contributed by atoms with E-state index < -0.39 is 4.92 Å². The molecule has 114 valence electrons. The second kappa shape index (κ2) is 6.71. The summed E-state index contributed by atoms with van der Waals surface area (Å²) in [5.74, 6) is -0.0834. The van der Waals surface area contributed by atoms with Crippen molar-refractivity contribution >= 4 is 23.0 Å². The first-order valence-electron chi connectivity index (χ1n) is 6.80. The summed E-state index contributed by atoms with van der Waals surface area (Å²) in [6, 6.07) is 13.9. The summed E-state index contributed by atoms with van der Waals surface area (Å²) < 4.78 is 0. The Bertz CT molecular complexity index is 701. The molecule has 2 rings (SSSR count). The average molecular weight is 299 g/mol. The maximum Gasteiger partial charge on any atom is 0.274 e. The molecule has 0 bridgehead atoms. The second-order valence-corrected chi connectivity index (χ2v) is 4.83. The molecule has 0 fully saturated rings. The van der Waals surface area contributed by atoms with Gasteiger partial charge >= 0.3 is 0 Å². The predicted molar refractivity (Wildman–Crippen MR) is 85.9 cm³/mol. The fourth-order valence-electron chi connectivity index (χ4n) is 2.11. The minimum atomic E-state index is -0.398. The highest BCUT2D eigenvalue weighted by molar-refractivity contribution is 5.94. The van der Waals surface area contributed by atoms with Crippen LogP contribution in [0.5, 0.6) is 0 Å². The highest BCUT2D eigenvalue weighted by atomic mass is 16.6. The zero-order chi connectivity index (χ0) is 16.1. The third-order valence-corrected chi connectivity index (χ3v) is 3.40. The molecule has 1 amide bonds. The lowest BCUT2D eigenvalue weighted by Crippen LogP contribution is -2.23. The topological polar surface area (TPSA) is 75.5 Å². The Morgan fingerprint density at radius 1 is 1.18 bits per heavy atom. The zero-order valence-electron chi connectivity index (χ0n) is 12.4. The number of nitro benzene ring substituents is 1. The van der Waals surface area contributed by atoms with Gasteiger partial charge in [0.25, 0.3) is 5.69 Å². The number of benzene rings is 2. The van der Waals surface area contributed by atoms with E-state index in [1.54, 1.807) is 25.2 Å². The third kappa shape index (κ3) is 3.41. The van der Waals surface area contributed by atoms with E-state index in [0.717, 1.165) is 11.4 Å². The Hall–Kier alpha value is -2.89. The number of hydrogen-bond acceptors (Lipinski definition) is 4. The van der Waals surface area contributed by atoms with Crippen LogP contribution in [0.2, 0.25) is 0 Å². The summed E-state index contributed by atoms with van der Waals surface area (Å²) >= 11 is 0. The monoisotopic (exact) mass is 299 g/mol. The summed E-state index contributed by atoms with van der Waals surface area (Å²) in [6.07, 6.45) is 0. The SMILES string of the molecule is CC(=O)N(C)c1ccccc1NCc1ccccc1[N+](=O)[O-]. The van der Waals surface area contributed by atoms with E-state index in [-0.39, 0.29) is 11.6 Å². The Labute approximate surface area is 128 Å². The van der Waals surface area contributed by atoms with Crippen LogP contribution in [-0.2, 0) is 11.3 Å². The minimum absolute atomic E-state index is 0.0763. The minimum Gasteiger partial charge on any atom is -0.379 e. The van der Waals surface area contributed by atoms with Crippen molar-refractivity contribution in [3.63, 3.8) is 0 Å². The maximum absolute atomic E-state index is 11.5. The maximum atomic E-state index is 11.5. The van der Waals surface area contributed by atoms with Crippen molar-refractivity contribution in [2.45, 2.75) is 13.5 Å². The lowest BCUT2D eigenvalue weighted by Gasteiger charge is -2.19. The fraction of sp³-hybridized carbons (Fsp3) is 0.188. The van der Waals surface area contributed by atoms with Crippen LogP contribution in [0.1, 0.15) is 12.5 Å². The van der Waals surface area contributed by atoms with E-state index in [2.05, 4.69) is 5.32 Å². The summed E-state index contributed by atoms with van der Waals surface area (Å²) in [4.78, 5) is 23.7. The molecule has 0 aliphatic heterocycles. The van der Waals surface area contributed by atoms with Gasteiger partial charge in [-0.25, -0.2) is 0 Å². The van der Waals surface area contributed by atoms with Crippen molar-refractivity contribution < 1.29 is 9.72 Å². The van der Waals surface area contributed by atoms with Crippen molar-refractivity contribution in [2.24, 2.45) is 0 Å². The van der Waals surface area contributed by atoms with Gasteiger partial charge in [0.2, 0.25) is 5.91 Å². The van der Waals surface area contributed by atoms with Gasteiger partial charge in [0.05, 0.1) is 16.3 Å². The number of nitrogens with one attached hydrogen (secondary N) is 1. The van der Waals surface area contributed by atoms with Crippen LogP contribution < -0.4 is 10.2 Å². The number of amides is 1. The van der Waals surface area contributed by atoms with Crippen molar-refractivity contribution in [1.82, 2.24) is 0 Å². The zero-order valence-corrected chi connectivity index (χ0v) is 12.4. The lowest BCUT2D eigenvalue weighted by atomic mass is 10.1. The third-order valence-electron chi connectivity index (χ3n) is 3.40. The van der Waals surface area contributed by atoms with Crippen LogP contribution >= 0.6 is 0 Å². The number of nitro groups is 1. The van der Waals surface area contributed by atoms with Gasteiger partial charge in [-0.3, -0.25) is 14.9 Å². The number of carbonyl (C=O) groups is 1. The molecule has 0 saturated heterocycles. The first kappa shape index (κ1) is 15.5. The number of anilines is 2. The first-order chi connectivity index (χ1) is 10.5. The number of hydrogen-bond donors (Lipinski definition) is 1. The molecule has 0 spiro atoms. The van der Waals surface area contributed by atoms with E-state index in [4.69, 9.17) is 0 Å². The first-order valence-corrected chi connectivity index (χ1v) is 6.80. The molecule has 6 heteroatoms. The van der Waals surface area contributed by atoms with Crippen LogP contribution in [0.25, 0.3) is 0 Å². The highest BCUT2D eigenvalue weighted by Gasteiger charge is 2.14. The summed E-state index contributed by atoms with van der Waals surface area (Å²) in [6.45, 7) is 1.79. The molecular weight excluding hydrogens is 282 g/mol. The van der Waals surface area contributed by atoms with Gasteiger partial charge < -0.3 is 10.2 Å². The molecular formula is C16H17N3O3. The fourth-order valence-corrected chi connectivity index (χ4v) is 2.11. The predicted octanol–water partition coefficient (Wildman–Crippen LogP) is 3.19. The normalized spacial score (nSPS) is 10.1. The molecule has 22 heavy (non-hydrogen) atoms. The van der Waals surface area contributed by atoms with E-state index in [9.17, 15) is 14.9 Å². The van der Waals surface area contributed by atoms with Crippen molar-refractivity contribution in [3.8, 4) is 0 Å². The van der Waals surface area contributed by atoms with E-state index >= 15 is 0 Å². The number of para-hydroxylation sites is 3. The molecule has 0 aliphatic rings. The van der Waals surface area contributed by atoms with Crippen LogP contribution in [0.4, 0.5) is 17.1 Å². The van der Waals surface area contributed by atoms with Crippen LogP contribution in [0.15, 0.2) is 48.5 Å². The van der Waals surface area contributed by atoms with Gasteiger partial charge in [0.15, 0.2) is 0 Å². The molecule has 0 atom stereocenters.